The van der Waals surface area contributed by atoms with Gasteiger partial charge < -0.3 is 24.3 Å². The number of hydrogen-bond donors (Lipinski definition) is 2. The van der Waals surface area contributed by atoms with Crippen molar-refractivity contribution in [2.45, 2.75) is 0 Å². The first kappa shape index (κ1) is 17.3. The molecule has 0 atom stereocenters. The number of carbonyl (C=O) groups is 1. The Bertz CT molecular complexity index is 1040. The third kappa shape index (κ3) is 2.63. The molecule has 0 fully saturated rings. The normalized spacial score (nSPS) is 10.6. The van der Waals surface area contributed by atoms with Crippen molar-refractivity contribution in [3.63, 3.8) is 0 Å². The number of aromatic amines is 1. The third-order valence-corrected chi connectivity index (χ3v) is 4.09. The van der Waals surface area contributed by atoms with Gasteiger partial charge in [-0.2, -0.15) is 0 Å². The van der Waals surface area contributed by atoms with E-state index in [0.29, 0.717) is 28.0 Å². The standard InChI is InChI=1S/C19H17NO6/c1-24-12-9-11-13(10-7-5-4-6-8-10)14(19(22)23)18(21)20-15(11)17(26-3)16(12)25-2/h4-9H,1-3H3,(H,20,21)(H,22,23). The van der Waals surface area contributed by atoms with Gasteiger partial charge in [0.1, 0.15) is 5.56 Å². The summed E-state index contributed by atoms with van der Waals surface area (Å²) < 4.78 is 16.1. The van der Waals surface area contributed by atoms with Crippen LogP contribution in [0.25, 0.3) is 22.0 Å². The Balaban J connectivity index is 2.59. The molecule has 3 aromatic rings. The zero-order valence-corrected chi connectivity index (χ0v) is 14.5. The van der Waals surface area contributed by atoms with E-state index in [1.807, 2.05) is 6.07 Å². The molecule has 0 radical (unpaired) electrons. The SMILES string of the molecule is COc1cc2c(-c3ccccc3)c(C(=O)O)c(=O)[nH]c2c(OC)c1OC. The van der Waals surface area contributed by atoms with Crippen molar-refractivity contribution in [1.29, 1.82) is 0 Å². The van der Waals surface area contributed by atoms with Gasteiger partial charge in [-0.15, -0.1) is 0 Å². The molecule has 0 amide bonds. The largest absolute Gasteiger partial charge is 0.493 e. The number of pyridine rings is 1. The highest BCUT2D eigenvalue weighted by atomic mass is 16.5. The maximum Gasteiger partial charge on any atom is 0.342 e. The van der Waals surface area contributed by atoms with Crippen molar-refractivity contribution in [2.75, 3.05) is 21.3 Å². The molecule has 0 saturated carbocycles. The summed E-state index contributed by atoms with van der Waals surface area (Å²) in [6.45, 7) is 0. The maximum absolute atomic E-state index is 12.5. The molecule has 1 aromatic heterocycles. The van der Waals surface area contributed by atoms with Crippen LogP contribution in [0.15, 0.2) is 41.2 Å². The number of aromatic carboxylic acids is 1. The number of hydrogen-bond acceptors (Lipinski definition) is 5. The third-order valence-electron chi connectivity index (χ3n) is 4.09. The lowest BCUT2D eigenvalue weighted by Gasteiger charge is -2.17. The highest BCUT2D eigenvalue weighted by Gasteiger charge is 2.25. The maximum atomic E-state index is 12.5. The second-order valence-electron chi connectivity index (χ2n) is 5.44. The highest BCUT2D eigenvalue weighted by molar-refractivity contribution is 6.08. The van der Waals surface area contributed by atoms with Crippen molar-refractivity contribution in [2.24, 2.45) is 0 Å². The number of H-pyrrole nitrogens is 1. The lowest BCUT2D eigenvalue weighted by Crippen LogP contribution is -2.19. The van der Waals surface area contributed by atoms with Crippen LogP contribution in [-0.4, -0.2) is 37.4 Å². The number of carboxylic acid groups (broad SMARTS) is 1. The second kappa shape index (κ2) is 6.79. The van der Waals surface area contributed by atoms with E-state index in [9.17, 15) is 14.7 Å². The van der Waals surface area contributed by atoms with E-state index >= 15 is 0 Å². The van der Waals surface area contributed by atoms with Gasteiger partial charge in [-0.05, 0) is 11.6 Å². The van der Waals surface area contributed by atoms with Crippen LogP contribution in [0.1, 0.15) is 10.4 Å². The Hall–Kier alpha value is -3.48. The molecule has 0 aliphatic rings. The minimum Gasteiger partial charge on any atom is -0.493 e. The van der Waals surface area contributed by atoms with Crippen LogP contribution >= 0.6 is 0 Å². The van der Waals surface area contributed by atoms with Gasteiger partial charge in [0.2, 0.25) is 5.75 Å². The summed E-state index contributed by atoms with van der Waals surface area (Å²) in [5.41, 5.74) is 0.137. The van der Waals surface area contributed by atoms with Crippen LogP contribution in [0.5, 0.6) is 17.2 Å². The summed E-state index contributed by atoms with van der Waals surface area (Å²) in [4.78, 5) is 26.9. The molecule has 26 heavy (non-hydrogen) atoms. The number of rotatable bonds is 5. The number of ether oxygens (including phenoxy) is 3. The van der Waals surface area contributed by atoms with Crippen molar-refractivity contribution in [1.82, 2.24) is 4.98 Å². The van der Waals surface area contributed by atoms with Gasteiger partial charge in [0, 0.05) is 10.9 Å². The summed E-state index contributed by atoms with van der Waals surface area (Å²) in [5.74, 6) is -0.397. The first-order chi connectivity index (χ1) is 12.5. The topological polar surface area (TPSA) is 97.9 Å². The Labute approximate surface area is 148 Å². The van der Waals surface area contributed by atoms with Gasteiger partial charge >= 0.3 is 5.97 Å². The molecule has 7 heteroatoms. The summed E-state index contributed by atoms with van der Waals surface area (Å²) in [6, 6.07) is 10.5. The Morgan fingerprint density at radius 3 is 2.19 bits per heavy atom. The highest BCUT2D eigenvalue weighted by Crippen LogP contribution is 2.45. The first-order valence-electron chi connectivity index (χ1n) is 7.71. The number of fused-ring (bicyclic) bond motifs is 1. The van der Waals surface area contributed by atoms with Crippen LogP contribution < -0.4 is 19.8 Å². The van der Waals surface area contributed by atoms with E-state index in [0.717, 1.165) is 0 Å². The smallest absolute Gasteiger partial charge is 0.342 e. The average Bonchev–Trinajstić information content (AvgIpc) is 2.65. The number of benzene rings is 2. The predicted molar refractivity (Wildman–Crippen MR) is 96.6 cm³/mol. The van der Waals surface area contributed by atoms with E-state index in [1.165, 1.54) is 21.3 Å². The lowest BCUT2D eigenvalue weighted by atomic mass is 9.95. The van der Waals surface area contributed by atoms with Crippen molar-refractivity contribution in [3.8, 4) is 28.4 Å². The summed E-state index contributed by atoms with van der Waals surface area (Å²) in [6.07, 6.45) is 0. The molecule has 0 spiro atoms. The number of nitrogens with one attached hydrogen (secondary N) is 1. The van der Waals surface area contributed by atoms with Gasteiger partial charge in [-0.3, -0.25) is 4.79 Å². The van der Waals surface area contributed by atoms with E-state index in [1.54, 1.807) is 30.3 Å². The average molecular weight is 355 g/mol. The van der Waals surface area contributed by atoms with Gasteiger partial charge in [0.05, 0.1) is 26.8 Å². The fraction of sp³-hybridized carbons (Fsp3) is 0.158. The van der Waals surface area contributed by atoms with E-state index in [-0.39, 0.29) is 16.9 Å². The molecule has 2 N–H and O–H groups in total. The molecule has 134 valence electrons. The zero-order valence-electron chi connectivity index (χ0n) is 14.5. The monoisotopic (exact) mass is 355 g/mol. The van der Waals surface area contributed by atoms with Gasteiger partial charge in [-0.25, -0.2) is 4.79 Å². The summed E-state index contributed by atoms with van der Waals surface area (Å²) in [5, 5.41) is 10.1. The Kier molecular flexibility index (Phi) is 4.53. The molecule has 1 heterocycles. The van der Waals surface area contributed by atoms with Crippen LogP contribution in [0.4, 0.5) is 0 Å². The number of methoxy groups -OCH3 is 3. The van der Waals surface area contributed by atoms with Gasteiger partial charge in [0.25, 0.3) is 5.56 Å². The van der Waals surface area contributed by atoms with Crippen LogP contribution in [0.2, 0.25) is 0 Å². The molecule has 2 aromatic carbocycles. The van der Waals surface area contributed by atoms with E-state index in [2.05, 4.69) is 4.98 Å². The molecule has 0 unspecified atom stereocenters. The number of aromatic nitrogens is 1. The Morgan fingerprint density at radius 1 is 1.00 bits per heavy atom. The fourth-order valence-electron chi connectivity index (χ4n) is 3.01. The number of carboxylic acids is 1. The van der Waals surface area contributed by atoms with Crippen LogP contribution in [0, 0.1) is 0 Å². The van der Waals surface area contributed by atoms with Crippen LogP contribution in [-0.2, 0) is 0 Å². The molecule has 0 aliphatic heterocycles. The summed E-state index contributed by atoms with van der Waals surface area (Å²) >= 11 is 0. The van der Waals surface area contributed by atoms with Crippen molar-refractivity contribution in [3.05, 3.63) is 52.3 Å². The second-order valence-corrected chi connectivity index (χ2v) is 5.44. The minimum atomic E-state index is -1.32. The zero-order chi connectivity index (χ0) is 18.8. The molecule has 0 bridgehead atoms. The molecular weight excluding hydrogens is 338 g/mol. The Morgan fingerprint density at radius 2 is 1.65 bits per heavy atom. The molecular formula is C19H17NO6. The molecule has 3 rings (SSSR count). The minimum absolute atomic E-state index is 0.257. The fourth-order valence-corrected chi connectivity index (χ4v) is 3.01. The van der Waals surface area contributed by atoms with E-state index < -0.39 is 11.5 Å². The molecule has 7 nitrogen and oxygen atoms in total. The summed E-state index contributed by atoms with van der Waals surface area (Å²) in [7, 11) is 4.35. The van der Waals surface area contributed by atoms with Gasteiger partial charge in [-0.1, -0.05) is 30.3 Å². The van der Waals surface area contributed by atoms with Crippen LogP contribution in [0.3, 0.4) is 0 Å². The molecule has 0 aliphatic carbocycles. The molecule has 0 saturated heterocycles. The predicted octanol–water partition coefficient (Wildman–Crippen LogP) is 2.92. The van der Waals surface area contributed by atoms with Crippen molar-refractivity contribution >= 4 is 16.9 Å². The quantitative estimate of drug-likeness (QED) is 0.730. The lowest BCUT2D eigenvalue weighted by molar-refractivity contribution is 0.0696. The van der Waals surface area contributed by atoms with E-state index in [4.69, 9.17) is 14.2 Å². The van der Waals surface area contributed by atoms with Crippen molar-refractivity contribution < 1.29 is 24.1 Å². The first-order valence-corrected chi connectivity index (χ1v) is 7.71. The van der Waals surface area contributed by atoms with Gasteiger partial charge in [0.15, 0.2) is 11.5 Å².